The van der Waals surface area contributed by atoms with Crippen molar-refractivity contribution in [2.45, 2.75) is 18.6 Å². The number of fused-ring (bicyclic) bond motifs is 3. The van der Waals surface area contributed by atoms with Crippen molar-refractivity contribution in [1.29, 1.82) is 0 Å². The van der Waals surface area contributed by atoms with Crippen molar-refractivity contribution >= 4 is 23.5 Å². The van der Waals surface area contributed by atoms with Crippen LogP contribution >= 0.6 is 0 Å². The van der Waals surface area contributed by atoms with Gasteiger partial charge in [-0.25, -0.2) is 4.79 Å². The summed E-state index contributed by atoms with van der Waals surface area (Å²) in [6.45, 7) is 0.840. The fraction of sp³-hybridized carbons (Fsp3) is 0.318. The number of likely N-dealkylation sites (tertiary alicyclic amines) is 1. The molecule has 2 aromatic carbocycles. The third-order valence-corrected chi connectivity index (χ3v) is 5.43. The highest BCUT2D eigenvalue weighted by atomic mass is 16.5. The largest absolute Gasteiger partial charge is 0.486 e. The smallest absolute Gasteiger partial charge is 0.336 e. The van der Waals surface area contributed by atoms with E-state index in [9.17, 15) is 19.5 Å². The number of rotatable bonds is 5. The molecule has 0 unspecified atom stereocenters. The molecule has 2 amide bonds. The number of carboxylic acid groups (broad SMARTS) is 1. The molecule has 1 N–H and O–H groups in total. The summed E-state index contributed by atoms with van der Waals surface area (Å²) in [6.07, 6.45) is -0.0110. The lowest BCUT2D eigenvalue weighted by Crippen LogP contribution is -2.49. The Balaban J connectivity index is 1.71. The molecule has 2 heterocycles. The summed E-state index contributed by atoms with van der Waals surface area (Å²) in [5.41, 5.74) is 0.602. The highest BCUT2D eigenvalue weighted by Gasteiger charge is 2.45. The standard InChI is InChI=1S/C22H22N2O6/c1-29-11-10-23-17-8-4-5-9-19(17)30-14-12-18(21(23)26)24(13-14)20(25)15-6-2-3-7-16(15)22(27)28/h2-9,14,18H,10-13H2,1H3,(H,27,28)/t14-,18-/m0/s1. The minimum Gasteiger partial charge on any atom is -0.486 e. The summed E-state index contributed by atoms with van der Waals surface area (Å²) in [4.78, 5) is 41.4. The maximum Gasteiger partial charge on any atom is 0.336 e. The predicted octanol–water partition coefficient (Wildman–Crippen LogP) is 2.04. The number of carboxylic acids is 1. The van der Waals surface area contributed by atoms with E-state index in [1.807, 2.05) is 12.1 Å². The zero-order chi connectivity index (χ0) is 21.3. The van der Waals surface area contributed by atoms with E-state index in [2.05, 4.69) is 0 Å². The highest BCUT2D eigenvalue weighted by Crippen LogP contribution is 2.36. The van der Waals surface area contributed by atoms with Crippen LogP contribution in [0.3, 0.4) is 0 Å². The number of nitrogens with zero attached hydrogens (tertiary/aromatic N) is 2. The van der Waals surface area contributed by atoms with Gasteiger partial charge in [0.2, 0.25) is 5.91 Å². The molecule has 2 aliphatic rings. The Morgan fingerprint density at radius 3 is 2.57 bits per heavy atom. The molecule has 2 aromatic rings. The van der Waals surface area contributed by atoms with Crippen LogP contribution in [-0.4, -0.2) is 66.7 Å². The van der Waals surface area contributed by atoms with Crippen LogP contribution in [0.4, 0.5) is 5.69 Å². The highest BCUT2D eigenvalue weighted by molar-refractivity contribution is 6.08. The molecule has 4 rings (SSSR count). The van der Waals surface area contributed by atoms with Crippen LogP contribution in [0.1, 0.15) is 27.1 Å². The Morgan fingerprint density at radius 1 is 1.13 bits per heavy atom. The van der Waals surface area contributed by atoms with Crippen LogP contribution in [0, 0.1) is 0 Å². The molecule has 2 atom stereocenters. The minimum atomic E-state index is -1.19. The number of anilines is 1. The van der Waals surface area contributed by atoms with Gasteiger partial charge in [-0.1, -0.05) is 24.3 Å². The van der Waals surface area contributed by atoms with Gasteiger partial charge in [-0.3, -0.25) is 9.59 Å². The number of carbonyl (C=O) groups is 3. The number of hydrogen-bond donors (Lipinski definition) is 1. The molecule has 156 valence electrons. The van der Waals surface area contributed by atoms with Crippen LogP contribution in [0.5, 0.6) is 5.75 Å². The second-order valence-corrected chi connectivity index (χ2v) is 7.25. The van der Waals surface area contributed by atoms with Crippen LogP contribution in [0.15, 0.2) is 48.5 Å². The monoisotopic (exact) mass is 410 g/mol. The van der Waals surface area contributed by atoms with Crippen molar-refractivity contribution in [3.05, 3.63) is 59.7 Å². The minimum absolute atomic E-state index is 0.0589. The first-order valence-electron chi connectivity index (χ1n) is 9.70. The number of para-hydroxylation sites is 2. The second-order valence-electron chi connectivity index (χ2n) is 7.25. The average Bonchev–Trinajstić information content (AvgIpc) is 3.18. The number of amides is 2. The third-order valence-electron chi connectivity index (χ3n) is 5.43. The SMILES string of the molecule is COCCN1C(=O)[C@@H]2C[C@@H](CN2C(=O)c2ccccc2C(=O)O)Oc2ccccc21. The first kappa shape index (κ1) is 19.9. The van der Waals surface area contributed by atoms with Gasteiger partial charge in [0.1, 0.15) is 17.9 Å². The van der Waals surface area contributed by atoms with Gasteiger partial charge >= 0.3 is 5.97 Å². The van der Waals surface area contributed by atoms with Crippen molar-refractivity contribution in [3.63, 3.8) is 0 Å². The van der Waals surface area contributed by atoms with Crippen molar-refractivity contribution in [3.8, 4) is 5.75 Å². The molecule has 0 saturated carbocycles. The number of ether oxygens (including phenoxy) is 2. The Hall–Kier alpha value is -3.39. The first-order valence-corrected chi connectivity index (χ1v) is 9.70. The number of methoxy groups -OCH3 is 1. The molecular formula is C22H22N2O6. The molecule has 8 heteroatoms. The van der Waals surface area contributed by atoms with Crippen molar-refractivity contribution < 1.29 is 29.0 Å². The van der Waals surface area contributed by atoms with E-state index < -0.39 is 17.9 Å². The number of carbonyl (C=O) groups excluding carboxylic acids is 2. The predicted molar refractivity (Wildman–Crippen MR) is 108 cm³/mol. The van der Waals surface area contributed by atoms with E-state index in [0.29, 0.717) is 31.0 Å². The number of benzene rings is 2. The van der Waals surface area contributed by atoms with E-state index >= 15 is 0 Å². The maximum atomic E-state index is 13.5. The van der Waals surface area contributed by atoms with Crippen molar-refractivity contribution in [1.82, 2.24) is 4.90 Å². The lowest BCUT2D eigenvalue weighted by molar-refractivity contribution is -0.122. The molecular weight excluding hydrogens is 388 g/mol. The fourth-order valence-electron chi connectivity index (χ4n) is 4.02. The molecule has 2 bridgehead atoms. The third kappa shape index (κ3) is 3.50. The molecule has 0 aliphatic carbocycles. The quantitative estimate of drug-likeness (QED) is 0.810. The molecule has 30 heavy (non-hydrogen) atoms. The summed E-state index contributed by atoms with van der Waals surface area (Å²) < 4.78 is 11.3. The molecule has 0 radical (unpaired) electrons. The fourth-order valence-corrected chi connectivity index (χ4v) is 4.02. The molecule has 2 aliphatic heterocycles. The molecule has 8 nitrogen and oxygen atoms in total. The van der Waals surface area contributed by atoms with E-state index in [-0.39, 0.29) is 29.7 Å². The van der Waals surface area contributed by atoms with Crippen molar-refractivity contribution in [2.75, 3.05) is 31.7 Å². The van der Waals surface area contributed by atoms with E-state index in [0.717, 1.165) is 0 Å². The molecule has 1 saturated heterocycles. The van der Waals surface area contributed by atoms with E-state index in [1.165, 1.54) is 17.0 Å². The number of hydrogen-bond acceptors (Lipinski definition) is 5. The topological polar surface area (TPSA) is 96.4 Å². The normalized spacial score (nSPS) is 20.2. The number of aromatic carboxylic acids is 1. The second kappa shape index (κ2) is 8.16. The van der Waals surface area contributed by atoms with E-state index in [4.69, 9.17) is 9.47 Å². The average molecular weight is 410 g/mol. The van der Waals surface area contributed by atoms with Gasteiger partial charge in [0.05, 0.1) is 30.0 Å². The van der Waals surface area contributed by atoms with Gasteiger partial charge in [0.15, 0.2) is 0 Å². The van der Waals surface area contributed by atoms with Crippen LogP contribution < -0.4 is 9.64 Å². The maximum absolute atomic E-state index is 13.5. The van der Waals surface area contributed by atoms with Gasteiger partial charge in [-0.15, -0.1) is 0 Å². The first-order chi connectivity index (χ1) is 14.5. The molecule has 1 fully saturated rings. The zero-order valence-electron chi connectivity index (χ0n) is 16.5. The summed E-state index contributed by atoms with van der Waals surface area (Å²) in [5, 5.41) is 9.46. The van der Waals surface area contributed by atoms with Crippen molar-refractivity contribution in [2.24, 2.45) is 0 Å². The lowest BCUT2D eigenvalue weighted by Gasteiger charge is -2.31. The summed E-state index contributed by atoms with van der Waals surface area (Å²) in [6, 6.07) is 12.5. The van der Waals surface area contributed by atoms with Crippen LogP contribution in [-0.2, 0) is 9.53 Å². The summed E-state index contributed by atoms with van der Waals surface area (Å²) in [5.74, 6) is -1.33. The zero-order valence-corrected chi connectivity index (χ0v) is 16.5. The van der Waals surface area contributed by atoms with Gasteiger partial charge in [0, 0.05) is 20.1 Å². The van der Waals surface area contributed by atoms with Gasteiger partial charge in [-0.05, 0) is 24.3 Å². The van der Waals surface area contributed by atoms with E-state index in [1.54, 1.807) is 36.3 Å². The Morgan fingerprint density at radius 2 is 1.83 bits per heavy atom. The van der Waals surface area contributed by atoms with Gasteiger partial charge in [-0.2, -0.15) is 0 Å². The Labute approximate surface area is 173 Å². The van der Waals surface area contributed by atoms with Crippen LogP contribution in [0.25, 0.3) is 0 Å². The Kier molecular flexibility index (Phi) is 5.41. The Bertz CT molecular complexity index is 991. The van der Waals surface area contributed by atoms with Gasteiger partial charge in [0.25, 0.3) is 5.91 Å². The molecule has 0 spiro atoms. The molecule has 0 aromatic heterocycles. The van der Waals surface area contributed by atoms with Crippen LogP contribution in [0.2, 0.25) is 0 Å². The summed E-state index contributed by atoms with van der Waals surface area (Å²) >= 11 is 0. The lowest BCUT2D eigenvalue weighted by atomic mass is 10.1. The summed E-state index contributed by atoms with van der Waals surface area (Å²) in [7, 11) is 1.56. The van der Waals surface area contributed by atoms with Gasteiger partial charge < -0.3 is 24.4 Å².